The van der Waals surface area contributed by atoms with Crippen LogP contribution in [0.5, 0.6) is 0 Å². The van der Waals surface area contributed by atoms with E-state index in [9.17, 15) is 14.7 Å². The monoisotopic (exact) mass is 410 g/mol. The lowest BCUT2D eigenvalue weighted by atomic mass is 10.1. The molecular formula is C21H16F2N4O3. The molecule has 2 aromatic carbocycles. The normalized spacial score (nSPS) is 13.9. The Balaban J connectivity index is 1.90. The fourth-order valence-corrected chi connectivity index (χ4v) is 3.86. The van der Waals surface area contributed by atoms with Crippen molar-refractivity contribution >= 4 is 39.0 Å². The summed E-state index contributed by atoms with van der Waals surface area (Å²) < 4.78 is 33.6. The number of aromatic carboxylic acids is 1. The number of halogens is 2. The van der Waals surface area contributed by atoms with Gasteiger partial charge in [-0.15, -0.1) is 0 Å². The molecule has 2 heterocycles. The zero-order valence-electron chi connectivity index (χ0n) is 15.5. The van der Waals surface area contributed by atoms with Crippen LogP contribution in [0.3, 0.4) is 0 Å². The molecule has 1 aliphatic rings. The standard InChI is InChI=1S/C21H16F2N4O3/c22-15-17(25)14-18(27(12-3-4-12)8-13(20(14)28)21(29)30)16(23)19(15)26-6-9-1-2-11(24)5-10(9)7-26/h1-2,5-8,12H,3-4,24-25H2,(H,29,30). The van der Waals surface area contributed by atoms with Gasteiger partial charge < -0.3 is 25.7 Å². The van der Waals surface area contributed by atoms with Crippen LogP contribution in [0.15, 0.2) is 41.6 Å². The van der Waals surface area contributed by atoms with E-state index in [1.165, 1.54) is 21.5 Å². The van der Waals surface area contributed by atoms with E-state index in [-0.39, 0.29) is 11.6 Å². The molecule has 0 amide bonds. The van der Waals surface area contributed by atoms with E-state index in [0.29, 0.717) is 29.3 Å². The topological polar surface area (TPSA) is 116 Å². The third-order valence-electron chi connectivity index (χ3n) is 5.46. The Morgan fingerprint density at radius 3 is 2.43 bits per heavy atom. The van der Waals surface area contributed by atoms with Crippen LogP contribution in [0.2, 0.25) is 0 Å². The molecule has 0 atom stereocenters. The van der Waals surface area contributed by atoms with Gasteiger partial charge in [0.25, 0.3) is 0 Å². The minimum absolute atomic E-state index is 0.179. The van der Waals surface area contributed by atoms with Gasteiger partial charge in [0, 0.05) is 35.7 Å². The summed E-state index contributed by atoms with van der Waals surface area (Å²) in [6.45, 7) is 0. The summed E-state index contributed by atoms with van der Waals surface area (Å²) in [5.74, 6) is -3.59. The van der Waals surface area contributed by atoms with Gasteiger partial charge in [-0.2, -0.15) is 0 Å². The predicted molar refractivity (Wildman–Crippen MR) is 109 cm³/mol. The first-order chi connectivity index (χ1) is 14.3. The van der Waals surface area contributed by atoms with Crippen molar-refractivity contribution in [2.45, 2.75) is 18.9 Å². The molecule has 2 aromatic heterocycles. The molecule has 7 nitrogen and oxygen atoms in total. The Morgan fingerprint density at radius 1 is 1.07 bits per heavy atom. The molecule has 1 saturated carbocycles. The van der Waals surface area contributed by atoms with Crippen LogP contribution in [0.1, 0.15) is 29.2 Å². The number of pyridine rings is 1. The largest absolute Gasteiger partial charge is 0.477 e. The number of hydrogen-bond donors (Lipinski definition) is 3. The van der Waals surface area contributed by atoms with Gasteiger partial charge in [0.15, 0.2) is 11.6 Å². The first-order valence-electron chi connectivity index (χ1n) is 9.24. The van der Waals surface area contributed by atoms with Crippen molar-refractivity contribution in [1.29, 1.82) is 0 Å². The van der Waals surface area contributed by atoms with Gasteiger partial charge in [-0.25, -0.2) is 13.6 Å². The minimum Gasteiger partial charge on any atom is -0.477 e. The van der Waals surface area contributed by atoms with Crippen LogP contribution in [0.25, 0.3) is 27.4 Å². The molecule has 0 aliphatic heterocycles. The van der Waals surface area contributed by atoms with Crippen molar-refractivity contribution in [2.75, 3.05) is 11.5 Å². The van der Waals surface area contributed by atoms with Crippen LogP contribution < -0.4 is 16.9 Å². The third-order valence-corrected chi connectivity index (χ3v) is 5.46. The van der Waals surface area contributed by atoms with Crippen molar-refractivity contribution in [3.63, 3.8) is 0 Å². The van der Waals surface area contributed by atoms with Gasteiger partial charge in [-0.05, 0) is 30.4 Å². The van der Waals surface area contributed by atoms with Gasteiger partial charge in [-0.1, -0.05) is 6.07 Å². The fraction of sp³-hybridized carbons (Fsp3) is 0.143. The van der Waals surface area contributed by atoms with E-state index in [1.807, 2.05) is 0 Å². The maximum atomic E-state index is 15.7. The number of carboxylic acid groups (broad SMARTS) is 1. The number of rotatable bonds is 3. The van der Waals surface area contributed by atoms with E-state index in [4.69, 9.17) is 11.5 Å². The average molecular weight is 410 g/mol. The van der Waals surface area contributed by atoms with E-state index >= 15 is 8.78 Å². The summed E-state index contributed by atoms with van der Waals surface area (Å²) in [5.41, 5.74) is 9.40. The number of aromatic nitrogens is 2. The second kappa shape index (κ2) is 6.06. The SMILES string of the molecule is Nc1ccc2cn(-c3c(F)c(N)c4c(=O)c(C(=O)O)cn(C5CC5)c4c3F)cc2c1. The molecular weight excluding hydrogens is 394 g/mol. The molecule has 5 rings (SSSR count). The molecule has 5 N–H and O–H groups in total. The van der Waals surface area contributed by atoms with Crippen LogP contribution in [0.4, 0.5) is 20.2 Å². The van der Waals surface area contributed by atoms with Gasteiger partial charge >= 0.3 is 5.97 Å². The summed E-state index contributed by atoms with van der Waals surface area (Å²) in [6.07, 6.45) is 5.55. The molecule has 0 unspecified atom stereocenters. The first kappa shape index (κ1) is 18.2. The van der Waals surface area contributed by atoms with E-state index in [0.717, 1.165) is 6.20 Å². The van der Waals surface area contributed by atoms with Gasteiger partial charge in [0.2, 0.25) is 5.43 Å². The Kier molecular flexibility index (Phi) is 3.67. The summed E-state index contributed by atoms with van der Waals surface area (Å²) in [5, 5.41) is 10.3. The average Bonchev–Trinajstić information content (AvgIpc) is 3.45. The molecule has 0 radical (unpaired) electrons. The Labute approximate surface area is 167 Å². The summed E-state index contributed by atoms with van der Waals surface area (Å²) >= 11 is 0. The molecule has 9 heteroatoms. The third kappa shape index (κ3) is 2.48. The lowest BCUT2D eigenvalue weighted by Gasteiger charge is -2.17. The second-order valence-corrected chi connectivity index (χ2v) is 7.48. The smallest absolute Gasteiger partial charge is 0.341 e. The van der Waals surface area contributed by atoms with Crippen molar-refractivity contribution < 1.29 is 18.7 Å². The fourth-order valence-electron chi connectivity index (χ4n) is 3.86. The van der Waals surface area contributed by atoms with Crippen molar-refractivity contribution in [2.24, 2.45) is 0 Å². The maximum Gasteiger partial charge on any atom is 0.341 e. The molecule has 0 saturated heterocycles. The van der Waals surface area contributed by atoms with Gasteiger partial charge in [0.1, 0.15) is 11.3 Å². The molecule has 4 aromatic rings. The number of nitrogens with two attached hydrogens (primary N) is 2. The first-order valence-corrected chi connectivity index (χ1v) is 9.24. The summed E-state index contributed by atoms with van der Waals surface area (Å²) in [7, 11) is 0. The number of nitrogen functional groups attached to an aromatic ring is 2. The molecule has 0 spiro atoms. The van der Waals surface area contributed by atoms with Gasteiger partial charge in [-0.3, -0.25) is 4.79 Å². The van der Waals surface area contributed by atoms with E-state index in [2.05, 4.69) is 0 Å². The van der Waals surface area contributed by atoms with Crippen molar-refractivity contribution in [1.82, 2.24) is 9.13 Å². The molecule has 0 bridgehead atoms. The lowest BCUT2D eigenvalue weighted by molar-refractivity contribution is 0.0695. The van der Waals surface area contributed by atoms with Crippen molar-refractivity contribution in [3.05, 3.63) is 64.2 Å². The van der Waals surface area contributed by atoms with Crippen LogP contribution >= 0.6 is 0 Å². The minimum atomic E-state index is -1.48. The maximum absolute atomic E-state index is 15.7. The number of fused-ring (bicyclic) bond motifs is 2. The van der Waals surface area contributed by atoms with Crippen LogP contribution in [-0.2, 0) is 0 Å². The number of carbonyl (C=O) groups is 1. The van der Waals surface area contributed by atoms with E-state index < -0.39 is 45.4 Å². The van der Waals surface area contributed by atoms with E-state index in [1.54, 1.807) is 18.2 Å². The molecule has 152 valence electrons. The molecule has 1 fully saturated rings. The predicted octanol–water partition coefficient (Wildman–Crippen LogP) is 3.42. The highest BCUT2D eigenvalue weighted by Gasteiger charge is 2.32. The molecule has 30 heavy (non-hydrogen) atoms. The number of hydrogen-bond acceptors (Lipinski definition) is 4. The van der Waals surface area contributed by atoms with Crippen LogP contribution in [-0.4, -0.2) is 20.2 Å². The Hall–Kier alpha value is -3.88. The zero-order valence-corrected chi connectivity index (χ0v) is 15.5. The lowest BCUT2D eigenvalue weighted by Crippen LogP contribution is -2.22. The Bertz CT molecular complexity index is 1450. The van der Waals surface area contributed by atoms with Crippen LogP contribution in [0, 0.1) is 11.6 Å². The number of anilines is 2. The zero-order chi connectivity index (χ0) is 21.3. The highest BCUT2D eigenvalue weighted by Crippen LogP contribution is 2.40. The number of carboxylic acids is 1. The highest BCUT2D eigenvalue weighted by atomic mass is 19.1. The second-order valence-electron chi connectivity index (χ2n) is 7.48. The quantitative estimate of drug-likeness (QED) is 0.448. The summed E-state index contributed by atoms with van der Waals surface area (Å²) in [6, 6.07) is 4.89. The molecule has 1 aliphatic carbocycles. The van der Waals surface area contributed by atoms with Gasteiger partial charge in [0.05, 0.1) is 16.6 Å². The highest BCUT2D eigenvalue weighted by molar-refractivity contribution is 5.99. The Morgan fingerprint density at radius 2 is 1.77 bits per heavy atom. The number of benzene rings is 2. The summed E-state index contributed by atoms with van der Waals surface area (Å²) in [4.78, 5) is 24.2. The van der Waals surface area contributed by atoms with Crippen molar-refractivity contribution in [3.8, 4) is 5.69 Å². The number of nitrogens with zero attached hydrogens (tertiary/aromatic N) is 2.